The topological polar surface area (TPSA) is 51.2 Å². The molecule has 0 unspecified atom stereocenters. The molecule has 0 bridgehead atoms. The lowest BCUT2D eigenvalue weighted by Crippen LogP contribution is -2.29. The third-order valence-electron chi connectivity index (χ3n) is 3.95. The highest BCUT2D eigenvalue weighted by molar-refractivity contribution is 7.09. The summed E-state index contributed by atoms with van der Waals surface area (Å²) in [6.45, 7) is 3.14. The van der Waals surface area contributed by atoms with Crippen LogP contribution in [-0.4, -0.2) is 24.0 Å². The molecule has 0 saturated carbocycles. The average Bonchev–Trinajstić information content (AvgIpc) is 3.10. The molecule has 5 heteroatoms. The summed E-state index contributed by atoms with van der Waals surface area (Å²) in [6, 6.07) is 18.2. The molecule has 1 N–H and O–H groups in total. The van der Waals surface area contributed by atoms with Gasteiger partial charge in [0.15, 0.2) is 0 Å². The highest BCUT2D eigenvalue weighted by atomic mass is 32.1. The number of amides is 1. The molecule has 1 heterocycles. The van der Waals surface area contributed by atoms with Crippen LogP contribution in [0.25, 0.3) is 11.3 Å². The molecule has 0 aliphatic carbocycles. The zero-order valence-corrected chi connectivity index (χ0v) is 15.6. The first-order valence-electron chi connectivity index (χ1n) is 8.60. The smallest absolute Gasteiger partial charge is 0.246 e. The van der Waals surface area contributed by atoms with Gasteiger partial charge in [-0.3, -0.25) is 4.79 Å². The van der Waals surface area contributed by atoms with Crippen LogP contribution in [0, 0.1) is 6.92 Å². The lowest BCUT2D eigenvalue weighted by molar-refractivity contribution is -0.126. The van der Waals surface area contributed by atoms with E-state index >= 15 is 0 Å². The Kier molecular flexibility index (Phi) is 6.52. The number of nitrogens with zero attached hydrogens (tertiary/aromatic N) is 1. The van der Waals surface area contributed by atoms with E-state index in [-0.39, 0.29) is 12.5 Å². The fourth-order valence-electron chi connectivity index (χ4n) is 2.57. The minimum Gasteiger partial charge on any atom is -0.367 e. The van der Waals surface area contributed by atoms with Crippen molar-refractivity contribution >= 4 is 17.2 Å². The first-order chi connectivity index (χ1) is 12.7. The summed E-state index contributed by atoms with van der Waals surface area (Å²) in [7, 11) is 0. The SMILES string of the molecule is Cc1nc(-c2ccc(CCNC(=O)COCc3ccccc3)cc2)cs1. The molecule has 4 nitrogen and oxygen atoms in total. The quantitative estimate of drug-likeness (QED) is 0.656. The van der Waals surface area contributed by atoms with Crippen LogP contribution >= 0.6 is 11.3 Å². The number of benzene rings is 2. The van der Waals surface area contributed by atoms with Crippen molar-refractivity contribution in [2.75, 3.05) is 13.2 Å². The maximum absolute atomic E-state index is 11.8. The van der Waals surface area contributed by atoms with Crippen molar-refractivity contribution in [1.82, 2.24) is 10.3 Å². The number of carbonyl (C=O) groups is 1. The molecule has 3 aromatic rings. The molecule has 0 saturated heterocycles. The van der Waals surface area contributed by atoms with E-state index in [2.05, 4.69) is 39.9 Å². The van der Waals surface area contributed by atoms with Gasteiger partial charge in [-0.2, -0.15) is 0 Å². The molecule has 0 radical (unpaired) electrons. The lowest BCUT2D eigenvalue weighted by atomic mass is 10.1. The summed E-state index contributed by atoms with van der Waals surface area (Å²) in [4.78, 5) is 16.3. The molecule has 0 atom stereocenters. The van der Waals surface area contributed by atoms with E-state index in [0.29, 0.717) is 13.2 Å². The van der Waals surface area contributed by atoms with Crippen LogP contribution in [-0.2, 0) is 22.6 Å². The van der Waals surface area contributed by atoms with Crippen LogP contribution in [0.3, 0.4) is 0 Å². The Hall–Kier alpha value is -2.50. The summed E-state index contributed by atoms with van der Waals surface area (Å²) in [5.74, 6) is -0.0875. The third kappa shape index (κ3) is 5.51. The summed E-state index contributed by atoms with van der Waals surface area (Å²) >= 11 is 1.66. The Balaban J connectivity index is 1.37. The van der Waals surface area contributed by atoms with Crippen molar-refractivity contribution in [3.8, 4) is 11.3 Å². The van der Waals surface area contributed by atoms with Gasteiger partial charge in [-0.25, -0.2) is 4.98 Å². The van der Waals surface area contributed by atoms with E-state index in [1.807, 2.05) is 37.3 Å². The molecule has 3 rings (SSSR count). The predicted molar refractivity (Wildman–Crippen MR) is 105 cm³/mol. The van der Waals surface area contributed by atoms with E-state index in [4.69, 9.17) is 4.74 Å². The van der Waals surface area contributed by atoms with Gasteiger partial charge in [0.05, 0.1) is 17.3 Å². The van der Waals surface area contributed by atoms with Crippen molar-refractivity contribution < 1.29 is 9.53 Å². The molecule has 0 spiro atoms. The Morgan fingerprint density at radius 1 is 1.08 bits per heavy atom. The van der Waals surface area contributed by atoms with E-state index in [1.54, 1.807) is 11.3 Å². The van der Waals surface area contributed by atoms with Crippen LogP contribution in [0.2, 0.25) is 0 Å². The number of hydrogen-bond donors (Lipinski definition) is 1. The van der Waals surface area contributed by atoms with Gasteiger partial charge in [-0.05, 0) is 24.5 Å². The molecule has 26 heavy (non-hydrogen) atoms. The van der Waals surface area contributed by atoms with Crippen molar-refractivity contribution in [3.63, 3.8) is 0 Å². The standard InChI is InChI=1S/C21H22N2O2S/c1-16-23-20(15-26-16)19-9-7-17(8-10-19)11-12-22-21(24)14-25-13-18-5-3-2-4-6-18/h2-10,15H,11-14H2,1H3,(H,22,24). The largest absolute Gasteiger partial charge is 0.367 e. The van der Waals surface area contributed by atoms with Crippen molar-refractivity contribution in [2.45, 2.75) is 20.0 Å². The van der Waals surface area contributed by atoms with Gasteiger partial charge in [-0.15, -0.1) is 11.3 Å². The van der Waals surface area contributed by atoms with Gasteiger partial charge in [0.2, 0.25) is 5.91 Å². The lowest BCUT2D eigenvalue weighted by Gasteiger charge is -2.07. The van der Waals surface area contributed by atoms with E-state index in [9.17, 15) is 4.79 Å². The van der Waals surface area contributed by atoms with Crippen molar-refractivity contribution in [2.24, 2.45) is 0 Å². The minimum absolute atomic E-state index is 0.0804. The number of nitrogens with one attached hydrogen (secondary N) is 1. The van der Waals surface area contributed by atoms with Crippen LogP contribution in [0.1, 0.15) is 16.1 Å². The van der Waals surface area contributed by atoms with Crippen LogP contribution in [0.15, 0.2) is 60.0 Å². The Bertz CT molecular complexity index is 829. The second kappa shape index (κ2) is 9.27. The van der Waals surface area contributed by atoms with Crippen LogP contribution in [0.5, 0.6) is 0 Å². The van der Waals surface area contributed by atoms with E-state index in [1.165, 1.54) is 5.56 Å². The summed E-state index contributed by atoms with van der Waals surface area (Å²) < 4.78 is 5.43. The maximum atomic E-state index is 11.8. The maximum Gasteiger partial charge on any atom is 0.246 e. The predicted octanol–water partition coefficient (Wildman–Crippen LogP) is 3.99. The Morgan fingerprint density at radius 3 is 2.54 bits per heavy atom. The molecule has 1 amide bonds. The molecule has 134 valence electrons. The highest BCUT2D eigenvalue weighted by Gasteiger charge is 2.04. The number of aromatic nitrogens is 1. The van der Waals surface area contributed by atoms with Gasteiger partial charge in [-0.1, -0.05) is 54.6 Å². The Morgan fingerprint density at radius 2 is 1.85 bits per heavy atom. The van der Waals surface area contributed by atoms with Gasteiger partial charge in [0, 0.05) is 17.5 Å². The van der Waals surface area contributed by atoms with E-state index < -0.39 is 0 Å². The van der Waals surface area contributed by atoms with Crippen LogP contribution in [0.4, 0.5) is 0 Å². The zero-order chi connectivity index (χ0) is 18.2. The van der Waals surface area contributed by atoms with Gasteiger partial charge in [0.25, 0.3) is 0 Å². The fraction of sp³-hybridized carbons (Fsp3) is 0.238. The first kappa shape index (κ1) is 18.3. The number of thiazole rings is 1. The molecule has 0 aliphatic heterocycles. The summed E-state index contributed by atoms with van der Waals surface area (Å²) in [5.41, 5.74) is 4.39. The van der Waals surface area contributed by atoms with Gasteiger partial charge in [0.1, 0.15) is 6.61 Å². The third-order valence-corrected chi connectivity index (χ3v) is 4.72. The van der Waals surface area contributed by atoms with Gasteiger partial charge < -0.3 is 10.1 Å². The molecule has 0 fully saturated rings. The first-order valence-corrected chi connectivity index (χ1v) is 9.48. The minimum atomic E-state index is -0.0875. The second-order valence-electron chi connectivity index (χ2n) is 6.03. The summed E-state index contributed by atoms with van der Waals surface area (Å²) in [5, 5.41) is 6.03. The molecule has 0 aliphatic rings. The van der Waals surface area contributed by atoms with Crippen LogP contribution < -0.4 is 5.32 Å². The van der Waals surface area contributed by atoms with E-state index in [0.717, 1.165) is 28.2 Å². The molecule has 2 aromatic carbocycles. The molecule has 1 aromatic heterocycles. The monoisotopic (exact) mass is 366 g/mol. The normalized spacial score (nSPS) is 10.7. The Labute approximate surface area is 157 Å². The molecular formula is C21H22N2O2S. The number of rotatable bonds is 8. The fourth-order valence-corrected chi connectivity index (χ4v) is 3.19. The highest BCUT2D eigenvalue weighted by Crippen LogP contribution is 2.21. The second-order valence-corrected chi connectivity index (χ2v) is 7.09. The average molecular weight is 366 g/mol. The number of ether oxygens (including phenoxy) is 1. The van der Waals surface area contributed by atoms with Gasteiger partial charge >= 0.3 is 0 Å². The number of carbonyl (C=O) groups excluding carboxylic acids is 1. The number of hydrogen-bond acceptors (Lipinski definition) is 4. The van der Waals surface area contributed by atoms with Crippen molar-refractivity contribution in [3.05, 3.63) is 76.1 Å². The zero-order valence-electron chi connectivity index (χ0n) is 14.8. The number of aryl methyl sites for hydroxylation is 1. The molecular weight excluding hydrogens is 344 g/mol. The summed E-state index contributed by atoms with van der Waals surface area (Å²) in [6.07, 6.45) is 0.792. The van der Waals surface area contributed by atoms with Crippen molar-refractivity contribution in [1.29, 1.82) is 0 Å².